The van der Waals surface area contributed by atoms with E-state index >= 15 is 0 Å². The van der Waals surface area contributed by atoms with Crippen LogP contribution in [0.3, 0.4) is 0 Å². The van der Waals surface area contributed by atoms with Crippen LogP contribution in [0.1, 0.15) is 25.8 Å². The maximum absolute atomic E-state index is 5.97. The summed E-state index contributed by atoms with van der Waals surface area (Å²) in [6.45, 7) is 16.8. The van der Waals surface area contributed by atoms with Crippen LogP contribution >= 0.6 is 24.0 Å². The molecule has 1 aromatic rings. The van der Waals surface area contributed by atoms with Gasteiger partial charge in [0.1, 0.15) is 0 Å². The molecule has 1 aromatic carbocycles. The summed E-state index contributed by atoms with van der Waals surface area (Å²) >= 11 is 0. The lowest BCUT2D eigenvalue weighted by atomic mass is 10.1. The number of nitrogens with zero attached hydrogens (tertiary/aromatic N) is 4. The molecule has 0 bridgehead atoms. The number of nitrogens with one attached hydrogen (secondary N) is 1. The first-order valence-electron chi connectivity index (χ1n) is 11.4. The van der Waals surface area contributed by atoms with Gasteiger partial charge in [-0.25, -0.2) is 0 Å². The molecule has 7 heteroatoms. The number of piperazine rings is 1. The second-order valence-electron chi connectivity index (χ2n) is 8.11. The molecule has 0 aromatic heterocycles. The molecule has 0 radical (unpaired) electrons. The van der Waals surface area contributed by atoms with Gasteiger partial charge in [-0.3, -0.25) is 9.89 Å². The molecule has 170 valence electrons. The topological polar surface area (TPSA) is 43.3 Å². The molecular weight excluding hydrogens is 489 g/mol. The van der Waals surface area contributed by atoms with Crippen LogP contribution in [0.4, 0.5) is 0 Å². The number of halogens is 1. The van der Waals surface area contributed by atoms with Crippen molar-refractivity contribution in [1.82, 2.24) is 20.0 Å². The van der Waals surface area contributed by atoms with Gasteiger partial charge < -0.3 is 19.9 Å². The van der Waals surface area contributed by atoms with Crippen LogP contribution in [-0.4, -0.2) is 92.7 Å². The van der Waals surface area contributed by atoms with Crippen LogP contribution in [0.15, 0.2) is 35.3 Å². The van der Waals surface area contributed by atoms with E-state index in [1.807, 2.05) is 6.07 Å². The van der Waals surface area contributed by atoms with Crippen molar-refractivity contribution >= 4 is 29.9 Å². The number of guanidine groups is 1. The van der Waals surface area contributed by atoms with E-state index in [4.69, 9.17) is 9.73 Å². The highest BCUT2D eigenvalue weighted by atomic mass is 127. The smallest absolute Gasteiger partial charge is 0.193 e. The number of likely N-dealkylation sites (N-methyl/N-ethyl adjacent to an activating group) is 1. The van der Waals surface area contributed by atoms with Crippen molar-refractivity contribution in [1.29, 1.82) is 0 Å². The number of aliphatic imine (C=N–C) groups is 1. The molecule has 30 heavy (non-hydrogen) atoms. The first-order valence-corrected chi connectivity index (χ1v) is 11.4. The molecule has 2 fully saturated rings. The molecule has 1 unspecified atom stereocenters. The zero-order valence-electron chi connectivity index (χ0n) is 18.8. The monoisotopic (exact) mass is 529 g/mol. The van der Waals surface area contributed by atoms with Gasteiger partial charge >= 0.3 is 0 Å². The highest BCUT2D eigenvalue weighted by Crippen LogP contribution is 2.17. The molecule has 2 saturated heterocycles. The van der Waals surface area contributed by atoms with E-state index in [0.29, 0.717) is 12.5 Å². The molecule has 6 nitrogen and oxygen atoms in total. The van der Waals surface area contributed by atoms with E-state index in [9.17, 15) is 0 Å². The summed E-state index contributed by atoms with van der Waals surface area (Å²) in [7, 11) is 0. The number of benzene rings is 1. The van der Waals surface area contributed by atoms with Crippen LogP contribution in [0.5, 0.6) is 0 Å². The summed E-state index contributed by atoms with van der Waals surface area (Å²) in [5.41, 5.74) is 1.25. The van der Waals surface area contributed by atoms with E-state index in [2.05, 4.69) is 58.1 Å². The zero-order valence-corrected chi connectivity index (χ0v) is 21.1. The Morgan fingerprint density at radius 2 is 1.80 bits per heavy atom. The summed E-state index contributed by atoms with van der Waals surface area (Å²) in [6, 6.07) is 10.4. The molecular formula is C23H40IN5O. The fourth-order valence-corrected chi connectivity index (χ4v) is 4.13. The maximum atomic E-state index is 5.97. The van der Waals surface area contributed by atoms with Gasteiger partial charge in [0, 0.05) is 58.3 Å². The summed E-state index contributed by atoms with van der Waals surface area (Å²) < 4.78 is 5.97. The van der Waals surface area contributed by atoms with Crippen molar-refractivity contribution < 1.29 is 4.74 Å². The van der Waals surface area contributed by atoms with Gasteiger partial charge in [0.05, 0.1) is 19.8 Å². The molecule has 0 aliphatic carbocycles. The second kappa shape index (κ2) is 14.2. The molecule has 1 atom stereocenters. The molecule has 3 rings (SSSR count). The van der Waals surface area contributed by atoms with E-state index < -0.39 is 0 Å². The molecule has 2 aliphatic rings. The van der Waals surface area contributed by atoms with Crippen molar-refractivity contribution in [2.45, 2.75) is 26.9 Å². The average molecular weight is 530 g/mol. The first-order chi connectivity index (χ1) is 14.3. The third-order valence-electron chi connectivity index (χ3n) is 5.98. The normalized spacial score (nSPS) is 20.9. The molecule has 0 saturated carbocycles. The predicted molar refractivity (Wildman–Crippen MR) is 136 cm³/mol. The molecule has 2 heterocycles. The molecule has 1 N–H and O–H groups in total. The number of hydrogen-bond donors (Lipinski definition) is 1. The summed E-state index contributed by atoms with van der Waals surface area (Å²) in [5.74, 6) is 1.66. The average Bonchev–Trinajstić information content (AvgIpc) is 3.23. The Balaban J connectivity index is 0.00000320. The van der Waals surface area contributed by atoms with E-state index in [-0.39, 0.29) is 24.0 Å². The van der Waals surface area contributed by atoms with Crippen LogP contribution < -0.4 is 5.32 Å². The number of ether oxygens (including phenoxy) is 1. The largest absolute Gasteiger partial charge is 0.376 e. The third kappa shape index (κ3) is 8.32. The van der Waals surface area contributed by atoms with E-state index in [0.717, 1.165) is 45.3 Å². The Hall–Kier alpha value is -0.900. The number of hydrogen-bond acceptors (Lipinski definition) is 4. The van der Waals surface area contributed by atoms with Crippen molar-refractivity contribution in [3.05, 3.63) is 35.9 Å². The highest BCUT2D eigenvalue weighted by molar-refractivity contribution is 14.0. The maximum Gasteiger partial charge on any atom is 0.193 e. The van der Waals surface area contributed by atoms with Gasteiger partial charge in [-0.2, -0.15) is 0 Å². The predicted octanol–water partition coefficient (Wildman–Crippen LogP) is 2.75. The Morgan fingerprint density at radius 1 is 1.07 bits per heavy atom. The lowest BCUT2D eigenvalue weighted by Gasteiger charge is -2.33. The van der Waals surface area contributed by atoms with Gasteiger partial charge in [0.25, 0.3) is 0 Å². The molecule has 0 amide bonds. The Bertz CT molecular complexity index is 607. The summed E-state index contributed by atoms with van der Waals surface area (Å²) in [4.78, 5) is 12.4. The van der Waals surface area contributed by atoms with Gasteiger partial charge in [0.2, 0.25) is 0 Å². The standard InChI is InChI=1S/C23H39N5O.HI/c1-3-24-23(25-11-13-27-16-14-26(4-2)15-17-27)28-12-10-22(18-28)20-29-19-21-8-6-5-7-9-21;/h5-9,22H,3-4,10-20H2,1-2H3,(H,24,25);1H. The Kier molecular flexibility index (Phi) is 12.0. The highest BCUT2D eigenvalue weighted by Gasteiger charge is 2.25. The molecule has 2 aliphatic heterocycles. The van der Waals surface area contributed by atoms with Crippen molar-refractivity contribution in [3.8, 4) is 0 Å². The minimum absolute atomic E-state index is 0. The second-order valence-corrected chi connectivity index (χ2v) is 8.11. The summed E-state index contributed by atoms with van der Waals surface area (Å²) in [6.07, 6.45) is 1.18. The SMILES string of the molecule is CCNC(=NCCN1CCN(CC)CC1)N1CCC(COCc2ccccc2)C1.I. The van der Waals surface area contributed by atoms with E-state index in [1.165, 1.54) is 44.7 Å². The third-order valence-corrected chi connectivity index (χ3v) is 5.98. The van der Waals surface area contributed by atoms with Gasteiger partial charge in [0.15, 0.2) is 5.96 Å². The van der Waals surface area contributed by atoms with Crippen LogP contribution in [0.25, 0.3) is 0 Å². The Labute approximate surface area is 200 Å². The van der Waals surface area contributed by atoms with Gasteiger partial charge in [-0.15, -0.1) is 24.0 Å². The zero-order chi connectivity index (χ0) is 20.3. The van der Waals surface area contributed by atoms with Gasteiger partial charge in [-0.05, 0) is 25.5 Å². The lowest BCUT2D eigenvalue weighted by molar-refractivity contribution is 0.0906. The van der Waals surface area contributed by atoms with Crippen molar-refractivity contribution in [2.75, 3.05) is 72.1 Å². The first kappa shape index (κ1) is 25.4. The Morgan fingerprint density at radius 3 is 2.50 bits per heavy atom. The number of rotatable bonds is 9. The fourth-order valence-electron chi connectivity index (χ4n) is 4.13. The fraction of sp³-hybridized carbons (Fsp3) is 0.696. The van der Waals surface area contributed by atoms with E-state index in [1.54, 1.807) is 0 Å². The lowest BCUT2D eigenvalue weighted by Crippen LogP contribution is -2.47. The van der Waals surface area contributed by atoms with Crippen molar-refractivity contribution in [3.63, 3.8) is 0 Å². The summed E-state index contributed by atoms with van der Waals surface area (Å²) in [5, 5.41) is 3.49. The quantitative estimate of drug-likeness (QED) is 0.303. The van der Waals surface area contributed by atoms with Gasteiger partial charge in [-0.1, -0.05) is 37.3 Å². The van der Waals surface area contributed by atoms with Crippen molar-refractivity contribution in [2.24, 2.45) is 10.9 Å². The van der Waals surface area contributed by atoms with Crippen LogP contribution in [-0.2, 0) is 11.3 Å². The molecule has 0 spiro atoms. The minimum atomic E-state index is 0. The van der Waals surface area contributed by atoms with Crippen LogP contribution in [0.2, 0.25) is 0 Å². The number of likely N-dealkylation sites (tertiary alicyclic amines) is 1. The van der Waals surface area contributed by atoms with Crippen LogP contribution in [0, 0.1) is 5.92 Å². The minimum Gasteiger partial charge on any atom is -0.376 e.